The third-order valence-electron chi connectivity index (χ3n) is 2.84. The minimum atomic E-state index is -4.22. The van der Waals surface area contributed by atoms with Gasteiger partial charge in [-0.15, -0.1) is 8.78 Å². The molecule has 3 rings (SSSR count). The van der Waals surface area contributed by atoms with Gasteiger partial charge in [-0.2, -0.15) is 0 Å². The Morgan fingerprint density at radius 3 is 2.48 bits per heavy atom. The molecule has 0 aromatic heterocycles. The van der Waals surface area contributed by atoms with Crippen LogP contribution in [0.5, 0.6) is 11.5 Å². The molecule has 0 radical (unpaired) electrons. The highest BCUT2D eigenvalue weighted by Crippen LogP contribution is 2.42. The summed E-state index contributed by atoms with van der Waals surface area (Å²) < 4.78 is 74.0. The van der Waals surface area contributed by atoms with E-state index >= 15 is 0 Å². The summed E-state index contributed by atoms with van der Waals surface area (Å²) in [5.41, 5.74) is -0.0784. The Kier molecular flexibility index (Phi) is 3.56. The number of sulfonamides is 1. The zero-order chi connectivity index (χ0) is 16.8. The summed E-state index contributed by atoms with van der Waals surface area (Å²) in [7, 11) is -4.22. The number of rotatable bonds is 3. The largest absolute Gasteiger partial charge is 0.586 e. The Morgan fingerprint density at radius 1 is 1.04 bits per heavy atom. The second kappa shape index (κ2) is 5.20. The molecule has 0 atom stereocenters. The minimum absolute atomic E-state index is 0.0784. The summed E-state index contributed by atoms with van der Waals surface area (Å²) >= 11 is 5.75. The van der Waals surface area contributed by atoms with Gasteiger partial charge in [0, 0.05) is 6.07 Å². The van der Waals surface area contributed by atoms with Crippen LogP contribution < -0.4 is 14.2 Å². The van der Waals surface area contributed by atoms with Gasteiger partial charge in [0.25, 0.3) is 10.0 Å². The maximum atomic E-state index is 13.2. The van der Waals surface area contributed by atoms with Gasteiger partial charge in [0.05, 0.1) is 10.7 Å². The lowest BCUT2D eigenvalue weighted by Crippen LogP contribution is -2.25. The highest BCUT2D eigenvalue weighted by Gasteiger charge is 2.43. The molecule has 0 saturated heterocycles. The average molecular weight is 366 g/mol. The number of halogens is 4. The molecule has 2 aromatic carbocycles. The van der Waals surface area contributed by atoms with Crippen LogP contribution >= 0.6 is 11.6 Å². The van der Waals surface area contributed by atoms with Crippen LogP contribution in [0.1, 0.15) is 0 Å². The van der Waals surface area contributed by atoms with E-state index in [1.165, 1.54) is 6.07 Å². The van der Waals surface area contributed by atoms with Crippen molar-refractivity contribution in [3.8, 4) is 11.5 Å². The second-order valence-corrected chi connectivity index (χ2v) is 6.57. The van der Waals surface area contributed by atoms with Gasteiger partial charge in [-0.25, -0.2) is 12.8 Å². The molecule has 0 fully saturated rings. The van der Waals surface area contributed by atoms with Gasteiger partial charge in [-0.05, 0) is 30.3 Å². The quantitative estimate of drug-likeness (QED) is 0.902. The topological polar surface area (TPSA) is 64.6 Å². The van der Waals surface area contributed by atoms with Crippen molar-refractivity contribution in [2.75, 3.05) is 4.72 Å². The highest BCUT2D eigenvalue weighted by atomic mass is 35.5. The molecule has 1 aliphatic rings. The predicted octanol–water partition coefficient (Wildman–Crippen LogP) is 3.60. The molecule has 0 unspecified atom stereocenters. The Hall–Kier alpha value is -2.13. The van der Waals surface area contributed by atoms with E-state index in [9.17, 15) is 21.6 Å². The van der Waals surface area contributed by atoms with Gasteiger partial charge in [0.2, 0.25) is 0 Å². The maximum Gasteiger partial charge on any atom is 0.586 e. The Balaban J connectivity index is 1.92. The summed E-state index contributed by atoms with van der Waals surface area (Å²) in [4.78, 5) is -0.484. The summed E-state index contributed by atoms with van der Waals surface area (Å²) in [6, 6.07) is 6.15. The molecule has 1 N–H and O–H groups in total. The first-order valence-electron chi connectivity index (χ1n) is 6.04. The van der Waals surface area contributed by atoms with E-state index in [1.54, 1.807) is 0 Å². The summed E-state index contributed by atoms with van der Waals surface area (Å²) in [5, 5.41) is -0.189. The van der Waals surface area contributed by atoms with Gasteiger partial charge in [0.1, 0.15) is 10.7 Å². The van der Waals surface area contributed by atoms with E-state index in [0.717, 1.165) is 30.3 Å². The summed E-state index contributed by atoms with van der Waals surface area (Å²) in [6.07, 6.45) is -3.81. The lowest BCUT2D eigenvalue weighted by molar-refractivity contribution is -0.286. The van der Waals surface area contributed by atoms with E-state index in [2.05, 4.69) is 14.2 Å². The SMILES string of the molecule is O=S(=O)(Nc1ccc2c(c1)OC(F)(F)O2)c1cc(F)ccc1Cl. The number of anilines is 1. The lowest BCUT2D eigenvalue weighted by atomic mass is 10.3. The van der Waals surface area contributed by atoms with Crippen LogP contribution in [0.15, 0.2) is 41.3 Å². The number of benzene rings is 2. The molecule has 10 heteroatoms. The van der Waals surface area contributed by atoms with Crippen molar-refractivity contribution in [1.29, 1.82) is 0 Å². The molecule has 0 saturated carbocycles. The molecule has 0 bridgehead atoms. The third-order valence-corrected chi connectivity index (χ3v) is 4.70. The van der Waals surface area contributed by atoms with E-state index in [1.807, 2.05) is 0 Å². The van der Waals surface area contributed by atoms with Crippen molar-refractivity contribution in [1.82, 2.24) is 0 Å². The average Bonchev–Trinajstić information content (AvgIpc) is 2.74. The Bertz CT molecular complexity index is 889. The maximum absolute atomic E-state index is 13.2. The van der Waals surface area contributed by atoms with Crippen molar-refractivity contribution >= 4 is 27.3 Å². The zero-order valence-corrected chi connectivity index (χ0v) is 12.6. The van der Waals surface area contributed by atoms with E-state index in [0.29, 0.717) is 0 Å². The number of ether oxygens (including phenoxy) is 2. The van der Waals surface area contributed by atoms with Crippen LogP contribution in [0.25, 0.3) is 0 Å². The third kappa shape index (κ3) is 3.15. The molecule has 0 aliphatic carbocycles. The first-order valence-corrected chi connectivity index (χ1v) is 7.90. The number of nitrogens with one attached hydrogen (secondary N) is 1. The van der Waals surface area contributed by atoms with Crippen molar-refractivity contribution < 1.29 is 31.1 Å². The molecule has 1 heterocycles. The summed E-state index contributed by atoms with van der Waals surface area (Å²) in [5.74, 6) is -1.36. The monoisotopic (exact) mass is 365 g/mol. The van der Waals surface area contributed by atoms with Gasteiger partial charge in [0.15, 0.2) is 11.5 Å². The van der Waals surface area contributed by atoms with Crippen molar-refractivity contribution in [3.63, 3.8) is 0 Å². The number of alkyl halides is 2. The number of fused-ring (bicyclic) bond motifs is 1. The van der Waals surface area contributed by atoms with Gasteiger partial charge >= 0.3 is 6.29 Å². The van der Waals surface area contributed by atoms with E-state index < -0.39 is 27.0 Å². The number of hydrogen-bond donors (Lipinski definition) is 1. The van der Waals surface area contributed by atoms with E-state index in [4.69, 9.17) is 11.6 Å². The fourth-order valence-electron chi connectivity index (χ4n) is 1.91. The lowest BCUT2D eigenvalue weighted by Gasteiger charge is -2.10. The van der Waals surface area contributed by atoms with Crippen molar-refractivity contribution in [2.45, 2.75) is 11.2 Å². The minimum Gasteiger partial charge on any atom is -0.395 e. The van der Waals surface area contributed by atoms with Crippen molar-refractivity contribution in [3.05, 3.63) is 47.2 Å². The molecule has 2 aromatic rings. The molecule has 1 aliphatic heterocycles. The number of hydrogen-bond acceptors (Lipinski definition) is 4. The molecule has 5 nitrogen and oxygen atoms in total. The standard InChI is InChI=1S/C13H7ClF3NO4S/c14-9-3-1-7(15)5-12(9)23(19,20)18-8-2-4-10-11(6-8)22-13(16,17)21-10/h1-6,18H. The van der Waals surface area contributed by atoms with Crippen LogP contribution in [0.3, 0.4) is 0 Å². The van der Waals surface area contributed by atoms with Crippen molar-refractivity contribution in [2.24, 2.45) is 0 Å². The van der Waals surface area contributed by atoms with Crippen LogP contribution in [0.4, 0.5) is 18.9 Å². The van der Waals surface area contributed by atoms with E-state index in [-0.39, 0.29) is 22.2 Å². The zero-order valence-electron chi connectivity index (χ0n) is 11.0. The normalized spacial score (nSPS) is 15.5. The fourth-order valence-corrected chi connectivity index (χ4v) is 3.47. The van der Waals surface area contributed by atoms with Gasteiger partial charge in [-0.3, -0.25) is 4.72 Å². The van der Waals surface area contributed by atoms with Gasteiger partial charge in [-0.1, -0.05) is 11.6 Å². The fraction of sp³-hybridized carbons (Fsp3) is 0.0769. The Labute approximate surface area is 133 Å². The smallest absolute Gasteiger partial charge is 0.395 e. The molecular weight excluding hydrogens is 359 g/mol. The predicted molar refractivity (Wildman–Crippen MR) is 74.9 cm³/mol. The van der Waals surface area contributed by atoms with Crippen LogP contribution in [0.2, 0.25) is 5.02 Å². The first-order chi connectivity index (χ1) is 10.7. The van der Waals surface area contributed by atoms with Crippen LogP contribution in [0, 0.1) is 5.82 Å². The Morgan fingerprint density at radius 2 is 1.74 bits per heavy atom. The summed E-state index contributed by atoms with van der Waals surface area (Å²) in [6.45, 7) is 0. The molecular formula is C13H7ClF3NO4S. The first kappa shape index (κ1) is 15.8. The van der Waals surface area contributed by atoms with Gasteiger partial charge < -0.3 is 9.47 Å². The highest BCUT2D eigenvalue weighted by molar-refractivity contribution is 7.92. The molecule has 0 amide bonds. The molecule has 122 valence electrons. The van der Waals surface area contributed by atoms with Crippen LogP contribution in [-0.2, 0) is 10.0 Å². The second-order valence-electron chi connectivity index (χ2n) is 4.51. The molecule has 23 heavy (non-hydrogen) atoms. The van der Waals surface area contributed by atoms with Crippen LogP contribution in [-0.4, -0.2) is 14.7 Å². The molecule has 0 spiro atoms.